The molecule has 0 aromatic heterocycles. The second-order valence-electron chi connectivity index (χ2n) is 4.87. The standard InChI is InChI=1S/C11H16O2/c1-11(2)8-4-3-7(5-8)9(11)6-10(12)13/h6-8H,3-5H2,1-2H3,(H,12,13)/b9-6+/t7-,8-/m1/s1. The summed E-state index contributed by atoms with van der Waals surface area (Å²) in [4.78, 5) is 10.6. The number of carboxylic acid groups (broad SMARTS) is 1. The van der Waals surface area contributed by atoms with Crippen LogP contribution in [-0.2, 0) is 4.79 Å². The van der Waals surface area contributed by atoms with E-state index >= 15 is 0 Å². The van der Waals surface area contributed by atoms with Gasteiger partial charge in [-0.3, -0.25) is 0 Å². The molecule has 1 N–H and O–H groups in total. The third kappa shape index (κ3) is 1.19. The second-order valence-corrected chi connectivity index (χ2v) is 4.87. The monoisotopic (exact) mass is 180 g/mol. The number of carboxylic acids is 1. The molecule has 2 heteroatoms. The van der Waals surface area contributed by atoms with Crippen LogP contribution in [0, 0.1) is 17.3 Å². The molecule has 0 saturated heterocycles. The Morgan fingerprint density at radius 1 is 1.54 bits per heavy atom. The van der Waals surface area contributed by atoms with Gasteiger partial charge < -0.3 is 5.11 Å². The van der Waals surface area contributed by atoms with Crippen molar-refractivity contribution in [2.45, 2.75) is 33.1 Å². The number of fused-ring (bicyclic) bond motifs is 2. The van der Waals surface area contributed by atoms with Crippen molar-refractivity contribution in [1.82, 2.24) is 0 Å². The van der Waals surface area contributed by atoms with Crippen LogP contribution in [0.4, 0.5) is 0 Å². The summed E-state index contributed by atoms with van der Waals surface area (Å²) >= 11 is 0. The van der Waals surface area contributed by atoms with E-state index in [9.17, 15) is 4.79 Å². The van der Waals surface area contributed by atoms with E-state index in [-0.39, 0.29) is 5.41 Å². The number of aliphatic carboxylic acids is 1. The van der Waals surface area contributed by atoms with Crippen LogP contribution in [0.3, 0.4) is 0 Å². The lowest BCUT2D eigenvalue weighted by molar-refractivity contribution is -0.131. The average Bonchev–Trinajstić information content (AvgIpc) is 2.53. The number of rotatable bonds is 1. The minimum atomic E-state index is -0.782. The maximum absolute atomic E-state index is 10.6. The molecule has 2 aliphatic rings. The highest BCUT2D eigenvalue weighted by molar-refractivity contribution is 5.81. The van der Waals surface area contributed by atoms with Gasteiger partial charge in [-0.2, -0.15) is 0 Å². The summed E-state index contributed by atoms with van der Waals surface area (Å²) in [6.45, 7) is 4.37. The molecule has 13 heavy (non-hydrogen) atoms. The van der Waals surface area contributed by atoms with E-state index in [1.54, 1.807) is 0 Å². The number of carbonyl (C=O) groups is 1. The fourth-order valence-corrected chi connectivity index (χ4v) is 3.12. The van der Waals surface area contributed by atoms with Gasteiger partial charge in [-0.1, -0.05) is 19.4 Å². The zero-order valence-corrected chi connectivity index (χ0v) is 8.21. The molecule has 0 heterocycles. The average molecular weight is 180 g/mol. The van der Waals surface area contributed by atoms with Crippen molar-refractivity contribution in [3.05, 3.63) is 11.6 Å². The predicted molar refractivity (Wildman–Crippen MR) is 50.3 cm³/mol. The highest BCUT2D eigenvalue weighted by atomic mass is 16.4. The van der Waals surface area contributed by atoms with Crippen molar-refractivity contribution >= 4 is 5.97 Å². The van der Waals surface area contributed by atoms with E-state index in [2.05, 4.69) is 13.8 Å². The van der Waals surface area contributed by atoms with Crippen LogP contribution in [0.1, 0.15) is 33.1 Å². The number of hydrogen-bond acceptors (Lipinski definition) is 1. The molecule has 2 aliphatic carbocycles. The summed E-state index contributed by atoms with van der Waals surface area (Å²) in [7, 11) is 0. The SMILES string of the molecule is CC1(C)/C(=C/C(=O)O)[C@@H]2CC[C@@H]1C2. The highest BCUT2D eigenvalue weighted by Crippen LogP contribution is 2.58. The second kappa shape index (κ2) is 2.60. The third-order valence-electron chi connectivity index (χ3n) is 3.92. The van der Waals surface area contributed by atoms with Gasteiger partial charge in [0, 0.05) is 6.08 Å². The minimum Gasteiger partial charge on any atom is -0.478 e. The predicted octanol–water partition coefficient (Wildman–Crippen LogP) is 2.45. The zero-order chi connectivity index (χ0) is 9.64. The maximum Gasteiger partial charge on any atom is 0.328 e. The van der Waals surface area contributed by atoms with Crippen LogP contribution in [-0.4, -0.2) is 11.1 Å². The molecule has 72 valence electrons. The summed E-state index contributed by atoms with van der Waals surface area (Å²) in [6, 6.07) is 0. The van der Waals surface area contributed by atoms with Crippen LogP contribution in [0.25, 0.3) is 0 Å². The summed E-state index contributed by atoms with van der Waals surface area (Å²) in [5, 5.41) is 8.76. The minimum absolute atomic E-state index is 0.140. The highest BCUT2D eigenvalue weighted by Gasteiger charge is 2.48. The quantitative estimate of drug-likeness (QED) is 0.629. The number of hydrogen-bond donors (Lipinski definition) is 1. The fraction of sp³-hybridized carbons (Fsp3) is 0.727. The first-order valence-electron chi connectivity index (χ1n) is 4.97. The Kier molecular flexibility index (Phi) is 1.76. The lowest BCUT2D eigenvalue weighted by atomic mass is 9.73. The molecule has 0 unspecified atom stereocenters. The van der Waals surface area contributed by atoms with Crippen LogP contribution in [0.5, 0.6) is 0 Å². The van der Waals surface area contributed by atoms with E-state index in [0.717, 1.165) is 5.92 Å². The van der Waals surface area contributed by atoms with Crippen LogP contribution < -0.4 is 0 Å². The molecule has 2 saturated carbocycles. The van der Waals surface area contributed by atoms with Crippen molar-refractivity contribution in [2.24, 2.45) is 17.3 Å². The fourth-order valence-electron chi connectivity index (χ4n) is 3.12. The Hall–Kier alpha value is -0.790. The first-order valence-corrected chi connectivity index (χ1v) is 4.97. The first-order chi connectivity index (χ1) is 6.01. The van der Waals surface area contributed by atoms with Crippen LogP contribution in [0.2, 0.25) is 0 Å². The summed E-state index contributed by atoms with van der Waals surface area (Å²) in [5.74, 6) is 0.509. The molecule has 2 bridgehead atoms. The summed E-state index contributed by atoms with van der Waals surface area (Å²) < 4.78 is 0. The summed E-state index contributed by atoms with van der Waals surface area (Å²) in [5.41, 5.74) is 1.32. The molecular weight excluding hydrogens is 164 g/mol. The molecule has 0 radical (unpaired) electrons. The lowest BCUT2D eigenvalue weighted by Crippen LogP contribution is -2.23. The smallest absolute Gasteiger partial charge is 0.328 e. The molecule has 0 amide bonds. The van der Waals surface area contributed by atoms with Gasteiger partial charge in [0.05, 0.1) is 0 Å². The van der Waals surface area contributed by atoms with Crippen molar-refractivity contribution in [3.63, 3.8) is 0 Å². The first kappa shape index (κ1) is 8.79. The van der Waals surface area contributed by atoms with Gasteiger partial charge >= 0.3 is 5.97 Å². The molecule has 2 nitrogen and oxygen atoms in total. The molecule has 2 atom stereocenters. The molecule has 0 aliphatic heterocycles. The van der Waals surface area contributed by atoms with Gasteiger partial charge in [0.25, 0.3) is 0 Å². The van der Waals surface area contributed by atoms with E-state index in [1.165, 1.54) is 30.9 Å². The summed E-state index contributed by atoms with van der Waals surface area (Å²) in [6.07, 6.45) is 5.15. The van der Waals surface area contributed by atoms with E-state index in [1.807, 2.05) is 0 Å². The zero-order valence-electron chi connectivity index (χ0n) is 8.21. The van der Waals surface area contributed by atoms with Gasteiger partial charge in [-0.25, -0.2) is 4.79 Å². The Morgan fingerprint density at radius 3 is 2.69 bits per heavy atom. The van der Waals surface area contributed by atoms with Crippen molar-refractivity contribution in [2.75, 3.05) is 0 Å². The molecule has 2 fully saturated rings. The van der Waals surface area contributed by atoms with E-state index in [0.29, 0.717) is 5.92 Å². The van der Waals surface area contributed by atoms with Gasteiger partial charge in [-0.15, -0.1) is 0 Å². The Morgan fingerprint density at radius 2 is 2.23 bits per heavy atom. The van der Waals surface area contributed by atoms with Gasteiger partial charge in [0.15, 0.2) is 0 Å². The Labute approximate surface area is 78.6 Å². The molecular formula is C11H16O2. The van der Waals surface area contributed by atoms with E-state index < -0.39 is 5.97 Å². The maximum atomic E-state index is 10.6. The van der Waals surface area contributed by atoms with Crippen LogP contribution in [0.15, 0.2) is 11.6 Å². The Balaban J connectivity index is 2.34. The van der Waals surface area contributed by atoms with Crippen LogP contribution >= 0.6 is 0 Å². The largest absolute Gasteiger partial charge is 0.478 e. The topological polar surface area (TPSA) is 37.3 Å². The van der Waals surface area contributed by atoms with E-state index in [4.69, 9.17) is 5.11 Å². The van der Waals surface area contributed by atoms with Gasteiger partial charge in [0.2, 0.25) is 0 Å². The van der Waals surface area contributed by atoms with Gasteiger partial charge in [0.1, 0.15) is 0 Å². The molecule has 0 spiro atoms. The number of allylic oxidation sites excluding steroid dienone is 1. The Bertz CT molecular complexity index is 276. The molecule has 2 rings (SSSR count). The van der Waals surface area contributed by atoms with Crippen molar-refractivity contribution < 1.29 is 9.90 Å². The lowest BCUT2D eigenvalue weighted by Gasteiger charge is -2.32. The van der Waals surface area contributed by atoms with Gasteiger partial charge in [-0.05, 0) is 36.5 Å². The third-order valence-corrected chi connectivity index (χ3v) is 3.92. The normalized spacial score (nSPS) is 38.5. The molecule has 0 aromatic carbocycles. The van der Waals surface area contributed by atoms with Crippen molar-refractivity contribution in [1.29, 1.82) is 0 Å². The van der Waals surface area contributed by atoms with Crippen molar-refractivity contribution in [3.8, 4) is 0 Å². The molecule has 0 aromatic rings.